The highest BCUT2D eigenvalue weighted by molar-refractivity contribution is 5.73. The van der Waals surface area contributed by atoms with E-state index in [4.69, 9.17) is 9.47 Å². The maximum Gasteiger partial charge on any atom is 0.452 e. The second kappa shape index (κ2) is 13.0. The fourth-order valence-corrected chi connectivity index (χ4v) is 1.34. The molecule has 0 atom stereocenters. The van der Waals surface area contributed by atoms with E-state index in [0.29, 0.717) is 13.2 Å². The van der Waals surface area contributed by atoms with Crippen LogP contribution >= 0.6 is 0 Å². The maximum atomic E-state index is 11.1. The van der Waals surface area contributed by atoms with Crippen molar-refractivity contribution in [3.8, 4) is 0 Å². The number of ether oxygens (including phenoxy) is 2. The first-order valence-electron chi connectivity index (χ1n) is 6.96. The summed E-state index contributed by atoms with van der Waals surface area (Å²) >= 11 is 0. The summed E-state index contributed by atoms with van der Waals surface area (Å²) in [6.07, 6.45) is 5.19. The van der Waals surface area contributed by atoms with Crippen LogP contribution < -0.4 is 0 Å². The van der Waals surface area contributed by atoms with Gasteiger partial charge in [0.05, 0.1) is 13.2 Å². The number of nitrogens with zero attached hydrogens (tertiary/aromatic N) is 2. The van der Waals surface area contributed by atoms with Crippen LogP contribution in [0.1, 0.15) is 58.8 Å². The Morgan fingerprint density at radius 3 is 1.63 bits per heavy atom. The van der Waals surface area contributed by atoms with Crippen molar-refractivity contribution in [2.75, 3.05) is 13.2 Å². The van der Waals surface area contributed by atoms with Crippen molar-refractivity contribution in [2.45, 2.75) is 58.8 Å². The Kier molecular flexibility index (Phi) is 12.0. The predicted octanol–water partition coefficient (Wildman–Crippen LogP) is 4.48. The number of hydrogen-bond donors (Lipinski definition) is 0. The molecule has 0 saturated carbocycles. The second-order valence-corrected chi connectivity index (χ2v) is 4.20. The van der Waals surface area contributed by atoms with E-state index in [1.807, 2.05) is 0 Å². The molecule has 19 heavy (non-hydrogen) atoms. The molecule has 0 aromatic carbocycles. The molecule has 0 spiro atoms. The Labute approximate surface area is 114 Å². The summed E-state index contributed by atoms with van der Waals surface area (Å²) in [5.74, 6) is 0. The van der Waals surface area contributed by atoms with E-state index in [9.17, 15) is 9.59 Å². The van der Waals surface area contributed by atoms with Gasteiger partial charge in [0.2, 0.25) is 0 Å². The monoisotopic (exact) mass is 272 g/mol. The summed E-state index contributed by atoms with van der Waals surface area (Å²) in [4.78, 5) is 22.1. The summed E-state index contributed by atoms with van der Waals surface area (Å²) in [6.45, 7) is 4.77. The first-order chi connectivity index (χ1) is 9.20. The second-order valence-electron chi connectivity index (χ2n) is 4.20. The SMILES string of the molecule is CCCCCCOC(=O)N=NC(=O)OCCCCC. The minimum Gasteiger partial charge on any atom is -0.447 e. The standard InChI is InChI=1S/C13H24N2O4/c1-3-5-7-9-11-19-13(17)15-14-12(16)18-10-8-6-4-2/h3-11H2,1-2H3. The molecule has 0 radical (unpaired) electrons. The topological polar surface area (TPSA) is 77.3 Å². The Hall–Kier alpha value is -1.46. The lowest BCUT2D eigenvalue weighted by Gasteiger charge is -2.00. The zero-order chi connectivity index (χ0) is 14.3. The number of rotatable bonds is 9. The van der Waals surface area contributed by atoms with Gasteiger partial charge in [-0.3, -0.25) is 0 Å². The molecule has 0 heterocycles. The van der Waals surface area contributed by atoms with Gasteiger partial charge in [-0.2, -0.15) is 0 Å². The normalized spacial score (nSPS) is 10.6. The molecule has 0 aliphatic heterocycles. The van der Waals surface area contributed by atoms with E-state index < -0.39 is 12.2 Å². The van der Waals surface area contributed by atoms with Crippen LogP contribution in [0.5, 0.6) is 0 Å². The van der Waals surface area contributed by atoms with Gasteiger partial charge < -0.3 is 9.47 Å². The highest BCUT2D eigenvalue weighted by Gasteiger charge is 2.03. The van der Waals surface area contributed by atoms with Crippen molar-refractivity contribution in [3.05, 3.63) is 0 Å². The molecule has 6 nitrogen and oxygen atoms in total. The number of carbonyl (C=O) groups is 2. The first-order valence-corrected chi connectivity index (χ1v) is 6.96. The smallest absolute Gasteiger partial charge is 0.447 e. The molecule has 0 N–H and O–H groups in total. The van der Waals surface area contributed by atoms with E-state index in [1.54, 1.807) is 0 Å². The molecule has 0 aliphatic rings. The molecule has 0 bridgehead atoms. The van der Waals surface area contributed by atoms with Gasteiger partial charge in [-0.1, -0.05) is 56.2 Å². The zero-order valence-corrected chi connectivity index (χ0v) is 11.9. The van der Waals surface area contributed by atoms with Crippen LogP contribution in [0.3, 0.4) is 0 Å². The van der Waals surface area contributed by atoms with Crippen molar-refractivity contribution in [3.63, 3.8) is 0 Å². The molecule has 110 valence electrons. The number of hydrogen-bond acceptors (Lipinski definition) is 4. The van der Waals surface area contributed by atoms with Crippen LogP contribution in [0.2, 0.25) is 0 Å². The minimum atomic E-state index is -0.848. The molecule has 0 aliphatic carbocycles. The maximum absolute atomic E-state index is 11.1. The Bertz CT molecular complexity index is 280. The number of amides is 2. The van der Waals surface area contributed by atoms with Gasteiger partial charge >= 0.3 is 12.2 Å². The van der Waals surface area contributed by atoms with Crippen molar-refractivity contribution < 1.29 is 19.1 Å². The lowest BCUT2D eigenvalue weighted by molar-refractivity contribution is 0.143. The van der Waals surface area contributed by atoms with Crippen LogP contribution in [0.25, 0.3) is 0 Å². The fourth-order valence-electron chi connectivity index (χ4n) is 1.34. The summed E-state index contributed by atoms with van der Waals surface area (Å²) in [5, 5.41) is 6.26. The van der Waals surface area contributed by atoms with Gasteiger partial charge in [-0.25, -0.2) is 9.59 Å². The molecular formula is C13H24N2O4. The number of carbonyl (C=O) groups excluding carboxylic acids is 2. The molecule has 0 aromatic heterocycles. The average molecular weight is 272 g/mol. The van der Waals surface area contributed by atoms with Crippen LogP contribution in [0, 0.1) is 0 Å². The third kappa shape index (κ3) is 12.8. The first kappa shape index (κ1) is 17.5. The number of unbranched alkanes of at least 4 members (excludes halogenated alkanes) is 5. The van der Waals surface area contributed by atoms with Gasteiger partial charge in [0, 0.05) is 0 Å². The van der Waals surface area contributed by atoms with Crippen molar-refractivity contribution in [2.24, 2.45) is 10.2 Å². The average Bonchev–Trinajstić information content (AvgIpc) is 2.41. The fraction of sp³-hybridized carbons (Fsp3) is 0.846. The third-order valence-corrected chi connectivity index (χ3v) is 2.41. The molecule has 0 saturated heterocycles. The lowest BCUT2D eigenvalue weighted by Crippen LogP contribution is -2.03. The molecule has 0 rings (SSSR count). The van der Waals surface area contributed by atoms with Crippen molar-refractivity contribution in [1.82, 2.24) is 0 Å². The van der Waals surface area contributed by atoms with Gasteiger partial charge in [0.25, 0.3) is 0 Å². The summed E-state index contributed by atoms with van der Waals surface area (Å²) in [5.41, 5.74) is 0. The Morgan fingerprint density at radius 1 is 0.737 bits per heavy atom. The van der Waals surface area contributed by atoms with Crippen LogP contribution in [0.15, 0.2) is 10.2 Å². The van der Waals surface area contributed by atoms with Crippen molar-refractivity contribution >= 4 is 12.2 Å². The van der Waals surface area contributed by atoms with E-state index in [-0.39, 0.29) is 0 Å². The zero-order valence-electron chi connectivity index (χ0n) is 11.9. The van der Waals surface area contributed by atoms with Gasteiger partial charge in [0.1, 0.15) is 0 Å². The summed E-state index contributed by atoms with van der Waals surface area (Å²) in [6, 6.07) is 0. The van der Waals surface area contributed by atoms with E-state index in [0.717, 1.165) is 44.9 Å². The molecular weight excluding hydrogens is 248 g/mol. The van der Waals surface area contributed by atoms with E-state index in [2.05, 4.69) is 24.1 Å². The van der Waals surface area contributed by atoms with E-state index in [1.165, 1.54) is 0 Å². The Balaban J connectivity index is 3.56. The summed E-state index contributed by atoms with van der Waals surface area (Å²) < 4.78 is 9.52. The molecule has 0 fully saturated rings. The summed E-state index contributed by atoms with van der Waals surface area (Å²) in [7, 11) is 0. The molecule has 0 unspecified atom stereocenters. The van der Waals surface area contributed by atoms with Crippen LogP contribution in [-0.4, -0.2) is 25.4 Å². The minimum absolute atomic E-state index is 0.303. The molecule has 6 heteroatoms. The van der Waals surface area contributed by atoms with Crippen molar-refractivity contribution in [1.29, 1.82) is 0 Å². The molecule has 0 aromatic rings. The third-order valence-electron chi connectivity index (χ3n) is 2.41. The quantitative estimate of drug-likeness (QED) is 0.458. The van der Waals surface area contributed by atoms with Gasteiger partial charge in [0.15, 0.2) is 0 Å². The van der Waals surface area contributed by atoms with Crippen LogP contribution in [-0.2, 0) is 9.47 Å². The largest absolute Gasteiger partial charge is 0.452 e. The van der Waals surface area contributed by atoms with E-state index >= 15 is 0 Å². The number of azo groups is 1. The van der Waals surface area contributed by atoms with Crippen LogP contribution in [0.4, 0.5) is 9.59 Å². The Morgan fingerprint density at radius 2 is 1.16 bits per heavy atom. The van der Waals surface area contributed by atoms with Gasteiger partial charge in [-0.15, -0.1) is 0 Å². The highest BCUT2D eigenvalue weighted by Crippen LogP contribution is 2.00. The molecule has 2 amide bonds. The highest BCUT2D eigenvalue weighted by atomic mass is 16.6. The van der Waals surface area contributed by atoms with Gasteiger partial charge in [-0.05, 0) is 12.8 Å². The lowest BCUT2D eigenvalue weighted by atomic mass is 10.2. The predicted molar refractivity (Wildman–Crippen MR) is 71.2 cm³/mol.